The van der Waals surface area contributed by atoms with Crippen LogP contribution in [0, 0.1) is 5.92 Å². The van der Waals surface area contributed by atoms with Crippen molar-refractivity contribution in [1.29, 1.82) is 0 Å². The Kier molecular flexibility index (Phi) is 4.44. The minimum absolute atomic E-state index is 0.293. The molecule has 1 aromatic heterocycles. The van der Waals surface area contributed by atoms with E-state index >= 15 is 0 Å². The van der Waals surface area contributed by atoms with Crippen molar-refractivity contribution < 1.29 is 19.2 Å². The van der Waals surface area contributed by atoms with Gasteiger partial charge in [-0.15, -0.1) is 0 Å². The fourth-order valence-corrected chi connectivity index (χ4v) is 4.12. The number of fused-ring (bicyclic) bond motifs is 1. The van der Waals surface area contributed by atoms with Crippen molar-refractivity contribution in [2.24, 2.45) is 5.92 Å². The van der Waals surface area contributed by atoms with E-state index in [9.17, 15) is 9.59 Å². The lowest BCUT2D eigenvalue weighted by atomic mass is 9.91. The second-order valence-electron chi connectivity index (χ2n) is 7.15. The molecule has 0 N–H and O–H groups in total. The largest absolute Gasteiger partial charge is 0.497 e. The van der Waals surface area contributed by atoms with E-state index in [1.165, 1.54) is 4.90 Å². The van der Waals surface area contributed by atoms with Crippen molar-refractivity contribution in [3.05, 3.63) is 84.7 Å². The number of amides is 2. The van der Waals surface area contributed by atoms with Gasteiger partial charge in [-0.2, -0.15) is 0 Å². The molecule has 2 aliphatic rings. The number of pyridine rings is 1. The number of carbonyl (C=O) groups excluding carboxylic acids is 2. The molecule has 5 rings (SSSR count). The Morgan fingerprint density at radius 3 is 2.37 bits per heavy atom. The molecular formula is C23H19N3O4. The van der Waals surface area contributed by atoms with Crippen LogP contribution in [0.15, 0.2) is 79.1 Å². The van der Waals surface area contributed by atoms with Gasteiger partial charge in [-0.25, -0.2) is 9.96 Å². The Morgan fingerprint density at radius 1 is 0.900 bits per heavy atom. The number of anilines is 2. The normalized spacial score (nSPS) is 23.0. The molecule has 2 fully saturated rings. The SMILES string of the molecule is COc1cccc(N2C(=O)C3ON(c4ccccc4)C(c4ccncc4)C3C2=O)c1. The van der Waals surface area contributed by atoms with E-state index in [1.807, 2.05) is 42.5 Å². The highest BCUT2D eigenvalue weighted by Crippen LogP contribution is 2.47. The molecule has 30 heavy (non-hydrogen) atoms. The zero-order chi connectivity index (χ0) is 20.7. The highest BCUT2D eigenvalue weighted by Gasteiger charge is 2.60. The maximum Gasteiger partial charge on any atom is 0.266 e. The Morgan fingerprint density at radius 2 is 1.63 bits per heavy atom. The van der Waals surface area contributed by atoms with Crippen molar-refractivity contribution in [3.63, 3.8) is 0 Å². The number of methoxy groups -OCH3 is 1. The summed E-state index contributed by atoms with van der Waals surface area (Å²) in [6.07, 6.45) is 2.45. The monoisotopic (exact) mass is 401 g/mol. The maximum atomic E-state index is 13.5. The summed E-state index contributed by atoms with van der Waals surface area (Å²) < 4.78 is 5.25. The van der Waals surface area contributed by atoms with Crippen LogP contribution in [-0.2, 0) is 14.4 Å². The number of para-hydroxylation sites is 1. The number of aromatic nitrogens is 1. The molecule has 7 nitrogen and oxygen atoms in total. The summed E-state index contributed by atoms with van der Waals surface area (Å²) in [6, 6.07) is 19.6. The number of nitrogens with zero attached hydrogens (tertiary/aromatic N) is 3. The van der Waals surface area contributed by atoms with Crippen LogP contribution >= 0.6 is 0 Å². The maximum absolute atomic E-state index is 13.5. The second kappa shape index (κ2) is 7.27. The van der Waals surface area contributed by atoms with Gasteiger partial charge in [0, 0.05) is 18.5 Å². The number of hydrogen-bond acceptors (Lipinski definition) is 6. The van der Waals surface area contributed by atoms with E-state index in [0.29, 0.717) is 11.4 Å². The summed E-state index contributed by atoms with van der Waals surface area (Å²) in [6.45, 7) is 0. The average Bonchev–Trinajstić information content (AvgIpc) is 3.31. The van der Waals surface area contributed by atoms with Crippen molar-refractivity contribution >= 4 is 23.2 Å². The van der Waals surface area contributed by atoms with Crippen molar-refractivity contribution in [2.45, 2.75) is 12.1 Å². The van der Waals surface area contributed by atoms with Crippen LogP contribution in [0.1, 0.15) is 11.6 Å². The van der Waals surface area contributed by atoms with E-state index in [-0.39, 0.29) is 11.8 Å². The van der Waals surface area contributed by atoms with E-state index in [2.05, 4.69) is 4.98 Å². The smallest absolute Gasteiger partial charge is 0.266 e. The van der Waals surface area contributed by atoms with Gasteiger partial charge in [-0.3, -0.25) is 19.4 Å². The molecule has 0 aliphatic carbocycles. The van der Waals surface area contributed by atoms with E-state index in [4.69, 9.17) is 9.57 Å². The van der Waals surface area contributed by atoms with Gasteiger partial charge < -0.3 is 4.74 Å². The van der Waals surface area contributed by atoms with Gasteiger partial charge in [0.15, 0.2) is 6.10 Å². The lowest BCUT2D eigenvalue weighted by molar-refractivity contribution is -0.126. The third-order valence-electron chi connectivity index (χ3n) is 5.49. The minimum Gasteiger partial charge on any atom is -0.497 e. The first-order valence-electron chi connectivity index (χ1n) is 9.62. The predicted octanol–water partition coefficient (Wildman–Crippen LogP) is 3.14. The Bertz CT molecular complexity index is 1090. The van der Waals surface area contributed by atoms with Crippen LogP contribution in [0.4, 0.5) is 11.4 Å². The molecule has 3 unspecified atom stereocenters. The number of imide groups is 1. The highest BCUT2D eigenvalue weighted by atomic mass is 16.7. The van der Waals surface area contributed by atoms with Gasteiger partial charge in [0.1, 0.15) is 11.7 Å². The fraction of sp³-hybridized carbons (Fsp3) is 0.174. The van der Waals surface area contributed by atoms with Gasteiger partial charge in [0.2, 0.25) is 5.91 Å². The molecular weight excluding hydrogens is 382 g/mol. The second-order valence-corrected chi connectivity index (χ2v) is 7.15. The number of carbonyl (C=O) groups is 2. The quantitative estimate of drug-likeness (QED) is 0.626. The topological polar surface area (TPSA) is 72.0 Å². The molecule has 0 saturated carbocycles. The Labute approximate surface area is 173 Å². The van der Waals surface area contributed by atoms with Crippen LogP contribution in [0.5, 0.6) is 5.75 Å². The minimum atomic E-state index is -0.901. The lowest BCUT2D eigenvalue weighted by Gasteiger charge is -2.28. The van der Waals surface area contributed by atoms with Crippen LogP contribution in [0.3, 0.4) is 0 Å². The average molecular weight is 401 g/mol. The fourth-order valence-electron chi connectivity index (χ4n) is 4.12. The lowest BCUT2D eigenvalue weighted by Crippen LogP contribution is -2.37. The summed E-state index contributed by atoms with van der Waals surface area (Å²) in [5.41, 5.74) is 2.11. The number of hydrogen-bond donors (Lipinski definition) is 0. The summed E-state index contributed by atoms with van der Waals surface area (Å²) in [4.78, 5) is 38.1. The molecule has 150 valence electrons. The third kappa shape index (κ3) is 2.83. The Hall–Kier alpha value is -3.71. The van der Waals surface area contributed by atoms with Crippen LogP contribution in [0.25, 0.3) is 0 Å². The molecule has 2 saturated heterocycles. The van der Waals surface area contributed by atoms with Gasteiger partial charge >= 0.3 is 0 Å². The van der Waals surface area contributed by atoms with Crippen LogP contribution in [-0.4, -0.2) is 30.0 Å². The molecule has 0 bridgehead atoms. The Balaban J connectivity index is 1.57. The zero-order valence-electron chi connectivity index (χ0n) is 16.2. The van der Waals surface area contributed by atoms with Gasteiger partial charge in [-0.1, -0.05) is 24.3 Å². The first-order valence-corrected chi connectivity index (χ1v) is 9.62. The molecule has 2 amide bonds. The summed E-state index contributed by atoms with van der Waals surface area (Å²) in [5, 5.41) is 1.67. The molecule has 0 radical (unpaired) electrons. The molecule has 0 spiro atoms. The van der Waals surface area contributed by atoms with Crippen molar-refractivity contribution in [3.8, 4) is 5.75 Å². The van der Waals surface area contributed by atoms with Crippen LogP contribution < -0.4 is 14.7 Å². The molecule has 7 heteroatoms. The summed E-state index contributed by atoms with van der Waals surface area (Å²) in [5.74, 6) is -0.775. The summed E-state index contributed by atoms with van der Waals surface area (Å²) in [7, 11) is 1.54. The van der Waals surface area contributed by atoms with Gasteiger partial charge in [0.25, 0.3) is 5.91 Å². The molecule has 2 aliphatic heterocycles. The standard InChI is InChI=1S/C23H19N3O4/c1-29-18-9-5-8-17(14-18)25-22(27)19-20(15-10-12-24-13-11-15)26(30-21(19)23(25)28)16-6-3-2-4-7-16/h2-14,19-21H,1H3. The molecule has 3 aromatic rings. The predicted molar refractivity (Wildman–Crippen MR) is 110 cm³/mol. The highest BCUT2D eigenvalue weighted by molar-refractivity contribution is 6.24. The first-order chi connectivity index (χ1) is 14.7. The zero-order valence-corrected chi connectivity index (χ0v) is 16.2. The molecule has 2 aromatic carbocycles. The van der Waals surface area contributed by atoms with Crippen molar-refractivity contribution in [1.82, 2.24) is 4.98 Å². The van der Waals surface area contributed by atoms with Gasteiger partial charge in [-0.05, 0) is 42.0 Å². The molecule has 3 atom stereocenters. The molecule has 3 heterocycles. The van der Waals surface area contributed by atoms with Gasteiger partial charge in [0.05, 0.1) is 24.5 Å². The number of ether oxygens (including phenoxy) is 1. The van der Waals surface area contributed by atoms with Crippen molar-refractivity contribution in [2.75, 3.05) is 17.1 Å². The first kappa shape index (κ1) is 18.3. The van der Waals surface area contributed by atoms with Crippen LogP contribution in [0.2, 0.25) is 0 Å². The summed E-state index contributed by atoms with van der Waals surface area (Å²) >= 11 is 0. The van der Waals surface area contributed by atoms with E-state index < -0.39 is 18.1 Å². The number of rotatable bonds is 4. The third-order valence-corrected chi connectivity index (χ3v) is 5.49. The number of hydroxylamine groups is 1. The van der Waals surface area contributed by atoms with E-state index in [0.717, 1.165) is 11.3 Å². The number of benzene rings is 2. The van der Waals surface area contributed by atoms with E-state index in [1.54, 1.807) is 48.8 Å².